The minimum Gasteiger partial charge on any atom is -0.494 e. The molecule has 0 atom stereocenters. The number of rotatable bonds is 6. The second kappa shape index (κ2) is 5.07. The summed E-state index contributed by atoms with van der Waals surface area (Å²) in [7, 11) is 0. The van der Waals surface area contributed by atoms with Gasteiger partial charge in [-0.05, 0) is 43.9 Å². The van der Waals surface area contributed by atoms with E-state index in [4.69, 9.17) is 10.5 Å². The smallest absolute Gasteiger partial charge is 0.122 e. The van der Waals surface area contributed by atoms with E-state index < -0.39 is 0 Å². The Balaban J connectivity index is 1.86. The van der Waals surface area contributed by atoms with Gasteiger partial charge in [0.2, 0.25) is 0 Å². The molecule has 3 N–H and O–H groups in total. The molecule has 94 valence electrons. The highest BCUT2D eigenvalue weighted by Crippen LogP contribution is 2.31. The standard InChI is InChI=1S/C14H22N2O/c1-3-17-13-5-4-12(8-11(13)2)9-16-10-14(15)6-7-14/h4-5,8,16H,3,6-7,9-10,15H2,1-2H3. The first-order chi connectivity index (χ1) is 8.13. The van der Waals surface area contributed by atoms with Crippen molar-refractivity contribution in [3.63, 3.8) is 0 Å². The molecular formula is C14H22N2O. The van der Waals surface area contributed by atoms with Crippen LogP contribution >= 0.6 is 0 Å². The number of aryl methyl sites for hydroxylation is 1. The lowest BCUT2D eigenvalue weighted by atomic mass is 10.1. The molecule has 1 fully saturated rings. The van der Waals surface area contributed by atoms with Crippen LogP contribution < -0.4 is 15.8 Å². The summed E-state index contributed by atoms with van der Waals surface area (Å²) >= 11 is 0. The third-order valence-electron chi connectivity index (χ3n) is 3.24. The maximum absolute atomic E-state index is 6.02. The van der Waals surface area contributed by atoms with E-state index in [0.717, 1.165) is 31.7 Å². The fraction of sp³-hybridized carbons (Fsp3) is 0.571. The van der Waals surface area contributed by atoms with Gasteiger partial charge in [-0.3, -0.25) is 0 Å². The molecule has 0 radical (unpaired) electrons. The van der Waals surface area contributed by atoms with Crippen LogP contribution in [0.3, 0.4) is 0 Å². The van der Waals surface area contributed by atoms with Crippen LogP contribution in [0.5, 0.6) is 5.75 Å². The van der Waals surface area contributed by atoms with Crippen molar-refractivity contribution in [1.29, 1.82) is 0 Å². The second-order valence-corrected chi connectivity index (χ2v) is 5.00. The summed E-state index contributed by atoms with van der Waals surface area (Å²) in [5.41, 5.74) is 8.59. The van der Waals surface area contributed by atoms with Crippen molar-refractivity contribution in [1.82, 2.24) is 5.32 Å². The largest absolute Gasteiger partial charge is 0.494 e. The SMILES string of the molecule is CCOc1ccc(CNCC2(N)CC2)cc1C. The monoisotopic (exact) mass is 234 g/mol. The summed E-state index contributed by atoms with van der Waals surface area (Å²) < 4.78 is 5.52. The molecule has 3 nitrogen and oxygen atoms in total. The van der Waals surface area contributed by atoms with Gasteiger partial charge in [0, 0.05) is 18.6 Å². The molecule has 1 aliphatic carbocycles. The van der Waals surface area contributed by atoms with E-state index >= 15 is 0 Å². The maximum Gasteiger partial charge on any atom is 0.122 e. The van der Waals surface area contributed by atoms with Crippen LogP contribution in [0.4, 0.5) is 0 Å². The van der Waals surface area contributed by atoms with Gasteiger partial charge in [0.15, 0.2) is 0 Å². The van der Waals surface area contributed by atoms with Gasteiger partial charge in [0.1, 0.15) is 5.75 Å². The molecule has 0 aromatic heterocycles. The Hall–Kier alpha value is -1.06. The predicted octanol–water partition coefficient (Wildman–Crippen LogP) is 1.97. The van der Waals surface area contributed by atoms with Gasteiger partial charge in [-0.25, -0.2) is 0 Å². The second-order valence-electron chi connectivity index (χ2n) is 5.00. The van der Waals surface area contributed by atoms with E-state index in [1.807, 2.05) is 13.0 Å². The lowest BCUT2D eigenvalue weighted by Crippen LogP contribution is -2.35. The Morgan fingerprint density at radius 3 is 2.76 bits per heavy atom. The fourth-order valence-corrected chi connectivity index (χ4v) is 1.93. The highest BCUT2D eigenvalue weighted by molar-refractivity contribution is 5.36. The van der Waals surface area contributed by atoms with Gasteiger partial charge in [-0.2, -0.15) is 0 Å². The molecule has 0 aliphatic heterocycles. The first-order valence-electron chi connectivity index (χ1n) is 6.35. The summed E-state index contributed by atoms with van der Waals surface area (Å²) in [4.78, 5) is 0. The van der Waals surface area contributed by atoms with E-state index in [-0.39, 0.29) is 5.54 Å². The molecule has 0 unspecified atom stereocenters. The van der Waals surface area contributed by atoms with Crippen LogP contribution in [0.1, 0.15) is 30.9 Å². The minimum atomic E-state index is 0.0836. The molecule has 1 aromatic rings. The normalized spacial score (nSPS) is 16.9. The molecule has 1 aliphatic rings. The zero-order valence-corrected chi connectivity index (χ0v) is 10.8. The van der Waals surface area contributed by atoms with Crippen molar-refractivity contribution in [2.45, 2.75) is 38.8 Å². The van der Waals surface area contributed by atoms with Crippen LogP contribution in [0.15, 0.2) is 18.2 Å². The Kier molecular flexibility index (Phi) is 3.69. The molecule has 0 spiro atoms. The predicted molar refractivity (Wildman–Crippen MR) is 70.2 cm³/mol. The van der Waals surface area contributed by atoms with Crippen LogP contribution in [0.2, 0.25) is 0 Å². The lowest BCUT2D eigenvalue weighted by molar-refractivity contribution is 0.337. The van der Waals surface area contributed by atoms with Crippen molar-refractivity contribution in [2.24, 2.45) is 5.73 Å². The average molecular weight is 234 g/mol. The van der Waals surface area contributed by atoms with Gasteiger partial charge in [0.05, 0.1) is 6.61 Å². The molecule has 1 aromatic carbocycles. The summed E-state index contributed by atoms with van der Waals surface area (Å²) in [5.74, 6) is 0.980. The van der Waals surface area contributed by atoms with Crippen LogP contribution in [0.25, 0.3) is 0 Å². The van der Waals surface area contributed by atoms with Gasteiger partial charge in [0.25, 0.3) is 0 Å². The third-order valence-corrected chi connectivity index (χ3v) is 3.24. The summed E-state index contributed by atoms with van der Waals surface area (Å²) in [6.45, 7) is 6.60. The van der Waals surface area contributed by atoms with Crippen molar-refractivity contribution >= 4 is 0 Å². The molecule has 0 bridgehead atoms. The minimum absolute atomic E-state index is 0.0836. The summed E-state index contributed by atoms with van der Waals surface area (Å²) in [6.07, 6.45) is 2.31. The van der Waals surface area contributed by atoms with Crippen molar-refractivity contribution in [3.05, 3.63) is 29.3 Å². The molecule has 17 heavy (non-hydrogen) atoms. The first kappa shape index (κ1) is 12.4. The Bertz CT molecular complexity index is 386. The van der Waals surface area contributed by atoms with Crippen molar-refractivity contribution in [2.75, 3.05) is 13.2 Å². The average Bonchev–Trinajstić information content (AvgIpc) is 3.01. The van der Waals surface area contributed by atoms with E-state index in [1.54, 1.807) is 0 Å². The van der Waals surface area contributed by atoms with Gasteiger partial charge in [-0.1, -0.05) is 12.1 Å². The van der Waals surface area contributed by atoms with Crippen molar-refractivity contribution < 1.29 is 4.74 Å². The maximum atomic E-state index is 6.02. The summed E-state index contributed by atoms with van der Waals surface area (Å²) in [5, 5.41) is 3.42. The molecule has 1 saturated carbocycles. The fourth-order valence-electron chi connectivity index (χ4n) is 1.93. The number of hydrogen-bond donors (Lipinski definition) is 2. The molecule has 0 saturated heterocycles. The molecule has 3 heteroatoms. The molecule has 0 heterocycles. The molecule has 2 rings (SSSR count). The topological polar surface area (TPSA) is 47.3 Å². The number of hydrogen-bond acceptors (Lipinski definition) is 3. The quantitative estimate of drug-likeness (QED) is 0.791. The number of nitrogens with one attached hydrogen (secondary N) is 1. The molecule has 0 amide bonds. The van der Waals surface area contributed by atoms with E-state index in [0.29, 0.717) is 6.61 Å². The van der Waals surface area contributed by atoms with Gasteiger partial charge >= 0.3 is 0 Å². The Morgan fingerprint density at radius 2 is 2.18 bits per heavy atom. The van der Waals surface area contributed by atoms with E-state index in [1.165, 1.54) is 11.1 Å². The van der Waals surface area contributed by atoms with E-state index in [9.17, 15) is 0 Å². The lowest BCUT2D eigenvalue weighted by Gasteiger charge is -2.12. The zero-order valence-electron chi connectivity index (χ0n) is 10.8. The Labute approximate surface area is 103 Å². The molecular weight excluding hydrogens is 212 g/mol. The van der Waals surface area contributed by atoms with Gasteiger partial charge in [-0.15, -0.1) is 0 Å². The number of ether oxygens (including phenoxy) is 1. The number of nitrogens with two attached hydrogens (primary N) is 1. The highest BCUT2D eigenvalue weighted by atomic mass is 16.5. The summed E-state index contributed by atoms with van der Waals surface area (Å²) in [6, 6.07) is 6.33. The van der Waals surface area contributed by atoms with Crippen LogP contribution in [-0.4, -0.2) is 18.7 Å². The van der Waals surface area contributed by atoms with Crippen molar-refractivity contribution in [3.8, 4) is 5.75 Å². The number of benzene rings is 1. The van der Waals surface area contributed by atoms with E-state index in [2.05, 4.69) is 24.4 Å². The third kappa shape index (κ3) is 3.45. The Morgan fingerprint density at radius 1 is 1.41 bits per heavy atom. The van der Waals surface area contributed by atoms with Crippen LogP contribution in [0, 0.1) is 6.92 Å². The van der Waals surface area contributed by atoms with Crippen LogP contribution in [-0.2, 0) is 6.54 Å². The van der Waals surface area contributed by atoms with Gasteiger partial charge < -0.3 is 15.8 Å². The zero-order chi connectivity index (χ0) is 12.3. The first-order valence-corrected chi connectivity index (χ1v) is 6.35. The highest BCUT2D eigenvalue weighted by Gasteiger charge is 2.37.